The Kier molecular flexibility index (Phi) is 4.08. The summed E-state index contributed by atoms with van der Waals surface area (Å²) >= 11 is 6.04. The minimum Gasteiger partial charge on any atom is -0.361 e. The molecular formula is C14H18ClNO. The van der Waals surface area contributed by atoms with E-state index in [0.29, 0.717) is 6.73 Å². The van der Waals surface area contributed by atoms with Crippen LogP contribution in [-0.4, -0.2) is 11.2 Å². The second kappa shape index (κ2) is 5.56. The Morgan fingerprint density at radius 2 is 2.12 bits per heavy atom. The summed E-state index contributed by atoms with van der Waals surface area (Å²) in [7, 11) is 0. The number of rotatable bonds is 5. The number of halogens is 1. The summed E-state index contributed by atoms with van der Waals surface area (Å²) < 4.78 is 7.75. The smallest absolute Gasteiger partial charge is 0.122 e. The van der Waals surface area contributed by atoms with E-state index in [1.807, 2.05) is 12.1 Å². The van der Waals surface area contributed by atoms with Crippen LogP contribution in [0.15, 0.2) is 24.4 Å². The number of fused-ring (bicyclic) bond motifs is 1. The van der Waals surface area contributed by atoms with Crippen molar-refractivity contribution in [3.8, 4) is 0 Å². The standard InChI is InChI=1S/C14H18ClNO/c1-3-7-17-10-16-9-11(4-2)13-8-12(15)5-6-14(13)16/h5-6,8-9H,3-4,7,10H2,1-2H3. The molecule has 2 aromatic rings. The Labute approximate surface area is 107 Å². The fraction of sp³-hybridized carbons (Fsp3) is 0.429. The molecule has 0 saturated carbocycles. The van der Waals surface area contributed by atoms with Crippen molar-refractivity contribution in [2.24, 2.45) is 0 Å². The van der Waals surface area contributed by atoms with Gasteiger partial charge in [0.2, 0.25) is 0 Å². The first-order chi connectivity index (χ1) is 8.26. The van der Waals surface area contributed by atoms with Crippen molar-refractivity contribution < 1.29 is 4.74 Å². The Hall–Kier alpha value is -0.990. The monoisotopic (exact) mass is 251 g/mol. The zero-order valence-corrected chi connectivity index (χ0v) is 11.1. The van der Waals surface area contributed by atoms with Crippen LogP contribution >= 0.6 is 11.6 Å². The van der Waals surface area contributed by atoms with Crippen molar-refractivity contribution in [2.75, 3.05) is 6.61 Å². The highest BCUT2D eigenvalue weighted by atomic mass is 35.5. The lowest BCUT2D eigenvalue weighted by atomic mass is 10.1. The van der Waals surface area contributed by atoms with Crippen LogP contribution in [0.3, 0.4) is 0 Å². The fourth-order valence-corrected chi connectivity index (χ4v) is 2.21. The van der Waals surface area contributed by atoms with Gasteiger partial charge in [-0.05, 0) is 36.6 Å². The van der Waals surface area contributed by atoms with Gasteiger partial charge in [-0.1, -0.05) is 25.4 Å². The van der Waals surface area contributed by atoms with E-state index >= 15 is 0 Å². The van der Waals surface area contributed by atoms with Gasteiger partial charge in [-0.3, -0.25) is 0 Å². The van der Waals surface area contributed by atoms with E-state index < -0.39 is 0 Å². The molecule has 3 heteroatoms. The topological polar surface area (TPSA) is 14.2 Å². The minimum absolute atomic E-state index is 0.617. The molecule has 92 valence electrons. The maximum absolute atomic E-state index is 6.04. The number of ether oxygens (including phenoxy) is 1. The summed E-state index contributed by atoms with van der Waals surface area (Å²) in [6, 6.07) is 6.03. The van der Waals surface area contributed by atoms with Gasteiger partial charge in [0.1, 0.15) is 6.73 Å². The lowest BCUT2D eigenvalue weighted by Gasteiger charge is -2.05. The second-order valence-corrected chi connectivity index (χ2v) is 4.61. The molecule has 0 unspecified atom stereocenters. The van der Waals surface area contributed by atoms with Crippen molar-refractivity contribution in [1.29, 1.82) is 0 Å². The maximum Gasteiger partial charge on any atom is 0.122 e. The van der Waals surface area contributed by atoms with Crippen molar-refractivity contribution >= 4 is 22.5 Å². The SMILES string of the molecule is CCCOCn1cc(CC)c2cc(Cl)ccc21. The highest BCUT2D eigenvalue weighted by molar-refractivity contribution is 6.31. The molecule has 0 bridgehead atoms. The third-order valence-electron chi connectivity index (χ3n) is 2.89. The third-order valence-corrected chi connectivity index (χ3v) is 3.12. The summed E-state index contributed by atoms with van der Waals surface area (Å²) in [6.07, 6.45) is 4.22. The molecule has 2 nitrogen and oxygen atoms in total. The van der Waals surface area contributed by atoms with Gasteiger partial charge in [0.05, 0.1) is 5.52 Å². The maximum atomic E-state index is 6.04. The van der Waals surface area contributed by atoms with Crippen LogP contribution in [0.1, 0.15) is 25.8 Å². The van der Waals surface area contributed by atoms with Gasteiger partial charge in [-0.25, -0.2) is 0 Å². The molecule has 1 aromatic heterocycles. The number of hydrogen-bond acceptors (Lipinski definition) is 1. The zero-order chi connectivity index (χ0) is 12.3. The van der Waals surface area contributed by atoms with Crippen LogP contribution in [0.4, 0.5) is 0 Å². The summed E-state index contributed by atoms with van der Waals surface area (Å²) in [5, 5.41) is 2.03. The van der Waals surface area contributed by atoms with Crippen LogP contribution in [0, 0.1) is 0 Å². The average molecular weight is 252 g/mol. The molecule has 0 aliphatic heterocycles. The van der Waals surface area contributed by atoms with Crippen molar-refractivity contribution in [3.05, 3.63) is 35.0 Å². The van der Waals surface area contributed by atoms with E-state index in [1.54, 1.807) is 0 Å². The molecule has 0 radical (unpaired) electrons. The summed E-state index contributed by atoms with van der Waals surface area (Å²) in [5.41, 5.74) is 2.52. The van der Waals surface area contributed by atoms with E-state index in [4.69, 9.17) is 16.3 Å². The first-order valence-electron chi connectivity index (χ1n) is 6.11. The molecule has 0 atom stereocenters. The molecule has 0 amide bonds. The number of aromatic nitrogens is 1. The zero-order valence-electron chi connectivity index (χ0n) is 10.4. The van der Waals surface area contributed by atoms with Crippen LogP contribution in [-0.2, 0) is 17.9 Å². The van der Waals surface area contributed by atoms with Crippen LogP contribution in [0.5, 0.6) is 0 Å². The fourth-order valence-electron chi connectivity index (χ4n) is 2.04. The Balaban J connectivity index is 2.35. The molecule has 1 heterocycles. The summed E-state index contributed by atoms with van der Waals surface area (Å²) in [6.45, 7) is 5.69. The molecule has 17 heavy (non-hydrogen) atoms. The number of aryl methyl sites for hydroxylation is 1. The highest BCUT2D eigenvalue weighted by Crippen LogP contribution is 2.25. The van der Waals surface area contributed by atoms with Gasteiger partial charge in [-0.15, -0.1) is 0 Å². The third kappa shape index (κ3) is 2.64. The largest absolute Gasteiger partial charge is 0.361 e. The lowest BCUT2D eigenvalue weighted by Crippen LogP contribution is -2.01. The highest BCUT2D eigenvalue weighted by Gasteiger charge is 2.07. The molecule has 0 spiro atoms. The molecule has 1 aromatic carbocycles. The quantitative estimate of drug-likeness (QED) is 0.725. The molecule has 0 aliphatic rings. The Bertz CT molecular complexity index is 504. The molecule has 0 saturated heterocycles. The Morgan fingerprint density at radius 1 is 1.29 bits per heavy atom. The predicted molar refractivity (Wildman–Crippen MR) is 72.6 cm³/mol. The van der Waals surface area contributed by atoms with Crippen molar-refractivity contribution in [1.82, 2.24) is 4.57 Å². The van der Waals surface area contributed by atoms with Crippen molar-refractivity contribution in [3.63, 3.8) is 0 Å². The normalized spacial score (nSPS) is 11.2. The second-order valence-electron chi connectivity index (χ2n) is 4.18. The minimum atomic E-state index is 0.617. The molecule has 0 fully saturated rings. The molecular weight excluding hydrogens is 234 g/mol. The van der Waals surface area contributed by atoms with Crippen molar-refractivity contribution in [2.45, 2.75) is 33.4 Å². The first-order valence-corrected chi connectivity index (χ1v) is 6.49. The van der Waals surface area contributed by atoms with Gasteiger partial charge in [-0.2, -0.15) is 0 Å². The summed E-state index contributed by atoms with van der Waals surface area (Å²) in [4.78, 5) is 0. The van der Waals surface area contributed by atoms with Crippen LogP contribution in [0.25, 0.3) is 10.9 Å². The average Bonchev–Trinajstić information content (AvgIpc) is 2.67. The van der Waals surface area contributed by atoms with Gasteiger partial charge < -0.3 is 9.30 Å². The first kappa shape index (κ1) is 12.5. The van der Waals surface area contributed by atoms with E-state index in [0.717, 1.165) is 24.5 Å². The number of benzene rings is 1. The van der Waals surface area contributed by atoms with E-state index in [1.165, 1.54) is 16.5 Å². The number of hydrogen-bond donors (Lipinski definition) is 0. The van der Waals surface area contributed by atoms with E-state index in [-0.39, 0.29) is 0 Å². The van der Waals surface area contributed by atoms with Gasteiger partial charge in [0.15, 0.2) is 0 Å². The predicted octanol–water partition coefficient (Wildman–Crippen LogP) is 4.24. The number of nitrogens with zero attached hydrogens (tertiary/aromatic N) is 1. The van der Waals surface area contributed by atoms with Gasteiger partial charge >= 0.3 is 0 Å². The van der Waals surface area contributed by atoms with Crippen LogP contribution < -0.4 is 0 Å². The van der Waals surface area contributed by atoms with E-state index in [9.17, 15) is 0 Å². The Morgan fingerprint density at radius 3 is 2.82 bits per heavy atom. The van der Waals surface area contributed by atoms with Crippen LogP contribution in [0.2, 0.25) is 5.02 Å². The van der Waals surface area contributed by atoms with Gasteiger partial charge in [0, 0.05) is 23.2 Å². The lowest BCUT2D eigenvalue weighted by molar-refractivity contribution is 0.0803. The summed E-state index contributed by atoms with van der Waals surface area (Å²) in [5.74, 6) is 0. The molecule has 0 N–H and O–H groups in total. The molecule has 0 aliphatic carbocycles. The van der Waals surface area contributed by atoms with E-state index in [2.05, 4.69) is 30.7 Å². The van der Waals surface area contributed by atoms with Gasteiger partial charge in [0.25, 0.3) is 0 Å². The molecule has 2 rings (SSSR count).